The number of carbonyl (C=O) groups is 2. The number of benzene rings is 1. The molecule has 2 aliphatic rings. The van der Waals surface area contributed by atoms with Gasteiger partial charge in [0.15, 0.2) is 0 Å². The summed E-state index contributed by atoms with van der Waals surface area (Å²) in [5.41, 5.74) is 2.54. The third-order valence-electron chi connectivity index (χ3n) is 4.92. The van der Waals surface area contributed by atoms with E-state index in [-0.39, 0.29) is 17.7 Å². The summed E-state index contributed by atoms with van der Waals surface area (Å²) in [4.78, 5) is 28.3. The van der Waals surface area contributed by atoms with Crippen molar-refractivity contribution in [2.45, 2.75) is 38.5 Å². The third kappa shape index (κ3) is 3.01. The molecule has 1 heterocycles. The highest BCUT2D eigenvalue weighted by molar-refractivity contribution is 5.84. The molecule has 1 fully saturated rings. The van der Waals surface area contributed by atoms with E-state index in [1.54, 1.807) is 6.92 Å². The quantitative estimate of drug-likeness (QED) is 0.797. The maximum atomic E-state index is 13.0. The first-order valence-electron chi connectivity index (χ1n) is 8.29. The minimum Gasteiger partial charge on any atom is -0.341 e. The lowest BCUT2D eigenvalue weighted by Crippen LogP contribution is -2.39. The average molecular weight is 300 g/mol. The van der Waals surface area contributed by atoms with Crippen LogP contribution in [0.15, 0.2) is 24.3 Å². The molecular weight excluding hydrogens is 276 g/mol. The van der Waals surface area contributed by atoms with E-state index in [0.717, 1.165) is 38.8 Å². The minimum absolute atomic E-state index is 0.00817. The van der Waals surface area contributed by atoms with Gasteiger partial charge in [-0.15, -0.1) is 0 Å². The van der Waals surface area contributed by atoms with E-state index in [4.69, 9.17) is 0 Å². The van der Waals surface area contributed by atoms with Gasteiger partial charge in [-0.1, -0.05) is 24.3 Å². The van der Waals surface area contributed by atoms with Gasteiger partial charge in [0, 0.05) is 33.1 Å². The first-order valence-corrected chi connectivity index (χ1v) is 8.29. The molecule has 1 aliphatic heterocycles. The molecule has 0 bridgehead atoms. The summed E-state index contributed by atoms with van der Waals surface area (Å²) in [5, 5.41) is 0. The number of fused-ring (bicyclic) bond motifs is 1. The van der Waals surface area contributed by atoms with E-state index in [1.807, 2.05) is 15.9 Å². The van der Waals surface area contributed by atoms with Crippen molar-refractivity contribution in [3.05, 3.63) is 35.4 Å². The summed E-state index contributed by atoms with van der Waals surface area (Å²) < 4.78 is 0. The Morgan fingerprint density at radius 1 is 1.00 bits per heavy atom. The molecule has 0 N–H and O–H groups in total. The first kappa shape index (κ1) is 15.1. The Bertz CT molecular complexity index is 570. The van der Waals surface area contributed by atoms with Crippen LogP contribution in [0.3, 0.4) is 0 Å². The normalized spacial score (nSPS) is 22.0. The summed E-state index contributed by atoms with van der Waals surface area (Å²) in [7, 11) is 0. The predicted octanol–water partition coefficient (Wildman–Crippen LogP) is 2.19. The lowest BCUT2D eigenvalue weighted by atomic mass is 9.82. The van der Waals surface area contributed by atoms with E-state index < -0.39 is 0 Å². The Kier molecular flexibility index (Phi) is 4.46. The fourth-order valence-electron chi connectivity index (χ4n) is 3.68. The van der Waals surface area contributed by atoms with Gasteiger partial charge >= 0.3 is 0 Å². The summed E-state index contributed by atoms with van der Waals surface area (Å²) in [6.07, 6.45) is 3.99. The van der Waals surface area contributed by atoms with Crippen LogP contribution < -0.4 is 0 Å². The van der Waals surface area contributed by atoms with Gasteiger partial charge in [0.2, 0.25) is 11.8 Å². The first-order chi connectivity index (χ1) is 10.7. The lowest BCUT2D eigenvalue weighted by Gasteiger charge is -2.30. The van der Waals surface area contributed by atoms with E-state index in [1.165, 1.54) is 11.1 Å². The Labute approximate surface area is 132 Å². The molecule has 1 atom stereocenters. The van der Waals surface area contributed by atoms with Crippen LogP contribution in [-0.2, 0) is 16.0 Å². The number of rotatable bonds is 1. The molecule has 118 valence electrons. The topological polar surface area (TPSA) is 40.6 Å². The molecule has 1 saturated heterocycles. The number of carbonyl (C=O) groups excluding carboxylic acids is 2. The fraction of sp³-hybridized carbons (Fsp3) is 0.556. The third-order valence-corrected chi connectivity index (χ3v) is 4.92. The number of hydrogen-bond donors (Lipinski definition) is 0. The van der Waals surface area contributed by atoms with Crippen molar-refractivity contribution in [2.75, 3.05) is 26.2 Å². The predicted molar refractivity (Wildman–Crippen MR) is 85.6 cm³/mol. The van der Waals surface area contributed by atoms with E-state index in [0.29, 0.717) is 13.1 Å². The fourth-order valence-corrected chi connectivity index (χ4v) is 3.68. The second-order valence-electron chi connectivity index (χ2n) is 6.33. The van der Waals surface area contributed by atoms with Gasteiger partial charge in [-0.25, -0.2) is 0 Å². The molecule has 0 aromatic heterocycles. The molecule has 0 spiro atoms. The second kappa shape index (κ2) is 6.51. The molecule has 1 aromatic rings. The summed E-state index contributed by atoms with van der Waals surface area (Å²) in [6.45, 7) is 4.46. The standard InChI is InChI=1S/C18H24N2O2/c1-14(21)19-10-5-11-20(13-12-19)18(22)17-9-4-7-15-6-2-3-8-16(15)17/h2-3,6,8,17H,4-5,7,9-13H2,1H3/t17-/m0/s1. The summed E-state index contributed by atoms with van der Waals surface area (Å²) in [6, 6.07) is 8.35. The number of amides is 2. The average Bonchev–Trinajstić information content (AvgIpc) is 2.80. The Morgan fingerprint density at radius 2 is 1.73 bits per heavy atom. The molecule has 0 unspecified atom stereocenters. The van der Waals surface area contributed by atoms with Gasteiger partial charge in [-0.3, -0.25) is 9.59 Å². The Hall–Kier alpha value is -1.84. The van der Waals surface area contributed by atoms with Crippen molar-refractivity contribution in [2.24, 2.45) is 0 Å². The van der Waals surface area contributed by atoms with Crippen LogP contribution in [-0.4, -0.2) is 47.8 Å². The van der Waals surface area contributed by atoms with Crippen LogP contribution in [0.2, 0.25) is 0 Å². The van der Waals surface area contributed by atoms with Crippen molar-refractivity contribution in [3.63, 3.8) is 0 Å². The summed E-state index contributed by atoms with van der Waals surface area (Å²) in [5.74, 6) is 0.365. The van der Waals surface area contributed by atoms with Gasteiger partial charge in [-0.05, 0) is 36.8 Å². The maximum absolute atomic E-state index is 13.0. The van der Waals surface area contributed by atoms with Crippen molar-refractivity contribution >= 4 is 11.8 Å². The Morgan fingerprint density at radius 3 is 2.55 bits per heavy atom. The Balaban J connectivity index is 1.73. The highest BCUT2D eigenvalue weighted by Gasteiger charge is 2.30. The van der Waals surface area contributed by atoms with Crippen LogP contribution in [0.5, 0.6) is 0 Å². The lowest BCUT2D eigenvalue weighted by molar-refractivity contribution is -0.134. The van der Waals surface area contributed by atoms with Crippen LogP contribution >= 0.6 is 0 Å². The number of hydrogen-bond acceptors (Lipinski definition) is 2. The molecule has 1 aromatic carbocycles. The van der Waals surface area contributed by atoms with Gasteiger partial charge in [0.05, 0.1) is 5.92 Å². The van der Waals surface area contributed by atoms with Gasteiger partial charge < -0.3 is 9.80 Å². The molecule has 2 amide bonds. The van der Waals surface area contributed by atoms with Crippen LogP contribution in [0.4, 0.5) is 0 Å². The van der Waals surface area contributed by atoms with Gasteiger partial charge in [0.1, 0.15) is 0 Å². The second-order valence-corrected chi connectivity index (χ2v) is 6.33. The van der Waals surface area contributed by atoms with Crippen LogP contribution in [0, 0.1) is 0 Å². The highest BCUT2D eigenvalue weighted by Crippen LogP contribution is 2.33. The molecule has 22 heavy (non-hydrogen) atoms. The molecule has 1 aliphatic carbocycles. The zero-order valence-electron chi connectivity index (χ0n) is 13.3. The van der Waals surface area contributed by atoms with Crippen molar-refractivity contribution in [1.29, 1.82) is 0 Å². The number of nitrogens with zero attached hydrogens (tertiary/aromatic N) is 2. The van der Waals surface area contributed by atoms with E-state index >= 15 is 0 Å². The van der Waals surface area contributed by atoms with Crippen molar-refractivity contribution < 1.29 is 9.59 Å². The highest BCUT2D eigenvalue weighted by atomic mass is 16.2. The van der Waals surface area contributed by atoms with E-state index in [9.17, 15) is 9.59 Å². The minimum atomic E-state index is 0.00817. The van der Waals surface area contributed by atoms with Crippen LogP contribution in [0.25, 0.3) is 0 Å². The number of aryl methyl sites for hydroxylation is 1. The zero-order chi connectivity index (χ0) is 15.5. The maximum Gasteiger partial charge on any atom is 0.230 e. The van der Waals surface area contributed by atoms with Crippen molar-refractivity contribution in [1.82, 2.24) is 9.80 Å². The van der Waals surface area contributed by atoms with E-state index in [2.05, 4.69) is 18.2 Å². The largest absolute Gasteiger partial charge is 0.341 e. The molecular formula is C18H24N2O2. The SMILES string of the molecule is CC(=O)N1CCCN(C(=O)[C@H]2CCCc3ccccc32)CC1. The molecule has 4 heteroatoms. The zero-order valence-corrected chi connectivity index (χ0v) is 13.3. The van der Waals surface area contributed by atoms with Crippen molar-refractivity contribution in [3.8, 4) is 0 Å². The molecule has 0 radical (unpaired) electrons. The molecule has 0 saturated carbocycles. The van der Waals surface area contributed by atoms with Gasteiger partial charge in [-0.2, -0.15) is 0 Å². The van der Waals surface area contributed by atoms with Gasteiger partial charge in [0.25, 0.3) is 0 Å². The summed E-state index contributed by atoms with van der Waals surface area (Å²) >= 11 is 0. The molecule has 4 nitrogen and oxygen atoms in total. The van der Waals surface area contributed by atoms with Crippen LogP contribution in [0.1, 0.15) is 43.2 Å². The smallest absolute Gasteiger partial charge is 0.230 e. The molecule has 3 rings (SSSR count). The monoisotopic (exact) mass is 300 g/mol.